The number of nitrogens with zero attached hydrogens (tertiary/aromatic N) is 3. The minimum Gasteiger partial charge on any atom is -0.337 e. The van der Waals surface area contributed by atoms with Gasteiger partial charge in [-0.25, -0.2) is 0 Å². The first kappa shape index (κ1) is 20.5. The summed E-state index contributed by atoms with van der Waals surface area (Å²) in [6, 6.07) is 29.4. The summed E-state index contributed by atoms with van der Waals surface area (Å²) < 4.78 is 5.49. The second-order valence-corrected chi connectivity index (χ2v) is 7.69. The lowest BCUT2D eigenvalue weighted by Crippen LogP contribution is -2.40. The van der Waals surface area contributed by atoms with Gasteiger partial charge in [0.15, 0.2) is 0 Å². The highest BCUT2D eigenvalue weighted by Gasteiger charge is 2.30. The molecule has 0 N–H and O–H groups in total. The van der Waals surface area contributed by atoms with Crippen molar-refractivity contribution in [1.29, 1.82) is 0 Å². The van der Waals surface area contributed by atoms with Crippen molar-refractivity contribution in [1.82, 2.24) is 15.0 Å². The molecular weight excluding hydrogens is 386 g/mol. The van der Waals surface area contributed by atoms with Gasteiger partial charge in [0.2, 0.25) is 17.6 Å². The fraction of sp³-hybridized carbons (Fsp3) is 0.192. The standard InChI is InChI=1S/C26H25N3O2/c1-19(2)29(18-23-27-25(28-31-23)22-16-10-5-11-17-22)26(30)24(20-12-6-3-7-13-20)21-14-8-4-9-15-21/h3-17,19,24H,18H2,1-2H3. The van der Waals surface area contributed by atoms with Gasteiger partial charge < -0.3 is 9.42 Å². The smallest absolute Gasteiger partial charge is 0.246 e. The van der Waals surface area contributed by atoms with Crippen molar-refractivity contribution in [2.24, 2.45) is 0 Å². The lowest BCUT2D eigenvalue weighted by molar-refractivity contribution is -0.134. The van der Waals surface area contributed by atoms with Gasteiger partial charge in [0.05, 0.1) is 5.92 Å². The van der Waals surface area contributed by atoms with E-state index in [0.29, 0.717) is 11.7 Å². The fourth-order valence-electron chi connectivity index (χ4n) is 3.62. The van der Waals surface area contributed by atoms with E-state index in [-0.39, 0.29) is 18.5 Å². The van der Waals surface area contributed by atoms with Crippen molar-refractivity contribution >= 4 is 5.91 Å². The number of hydrogen-bond donors (Lipinski definition) is 0. The first-order chi connectivity index (χ1) is 15.1. The molecule has 4 rings (SSSR count). The zero-order valence-corrected chi connectivity index (χ0v) is 17.7. The van der Waals surface area contributed by atoms with Crippen LogP contribution in [0.2, 0.25) is 0 Å². The molecule has 0 unspecified atom stereocenters. The van der Waals surface area contributed by atoms with Crippen LogP contribution in [0.15, 0.2) is 95.5 Å². The van der Waals surface area contributed by atoms with Gasteiger partial charge in [-0.05, 0) is 25.0 Å². The largest absolute Gasteiger partial charge is 0.337 e. The SMILES string of the molecule is CC(C)N(Cc1nc(-c2ccccc2)no1)C(=O)C(c1ccccc1)c1ccccc1. The number of aromatic nitrogens is 2. The normalized spacial score (nSPS) is 11.1. The van der Waals surface area contributed by atoms with Crippen LogP contribution >= 0.6 is 0 Å². The molecule has 0 saturated carbocycles. The Balaban J connectivity index is 1.64. The highest BCUT2D eigenvalue weighted by Crippen LogP contribution is 2.28. The van der Waals surface area contributed by atoms with Crippen LogP contribution in [0.25, 0.3) is 11.4 Å². The minimum atomic E-state index is -0.402. The predicted molar refractivity (Wildman–Crippen MR) is 120 cm³/mol. The van der Waals surface area contributed by atoms with E-state index in [0.717, 1.165) is 16.7 Å². The maximum atomic E-state index is 13.8. The van der Waals surface area contributed by atoms with E-state index in [2.05, 4.69) is 10.1 Å². The molecule has 1 amide bonds. The average molecular weight is 412 g/mol. The Morgan fingerprint density at radius 2 is 1.35 bits per heavy atom. The molecule has 31 heavy (non-hydrogen) atoms. The molecule has 0 fully saturated rings. The summed E-state index contributed by atoms with van der Waals surface area (Å²) in [6.07, 6.45) is 0. The third-order valence-electron chi connectivity index (χ3n) is 5.22. The molecule has 0 aliphatic heterocycles. The molecule has 0 saturated heterocycles. The summed E-state index contributed by atoms with van der Waals surface area (Å²) in [5, 5.41) is 4.10. The Hall–Kier alpha value is -3.73. The molecule has 156 valence electrons. The molecule has 1 heterocycles. The molecule has 0 atom stereocenters. The zero-order valence-electron chi connectivity index (χ0n) is 17.7. The van der Waals surface area contributed by atoms with E-state index >= 15 is 0 Å². The number of carbonyl (C=O) groups excluding carboxylic acids is 1. The molecule has 5 heteroatoms. The third-order valence-corrected chi connectivity index (χ3v) is 5.22. The average Bonchev–Trinajstić information content (AvgIpc) is 3.28. The molecule has 0 spiro atoms. The Labute approximate surface area is 182 Å². The van der Waals surface area contributed by atoms with E-state index in [4.69, 9.17) is 4.52 Å². The number of amides is 1. The first-order valence-corrected chi connectivity index (χ1v) is 10.4. The van der Waals surface area contributed by atoms with Crippen LogP contribution < -0.4 is 0 Å². The number of carbonyl (C=O) groups is 1. The van der Waals surface area contributed by atoms with Gasteiger partial charge >= 0.3 is 0 Å². The monoisotopic (exact) mass is 411 g/mol. The van der Waals surface area contributed by atoms with Crippen LogP contribution in [0.3, 0.4) is 0 Å². The van der Waals surface area contributed by atoms with Gasteiger partial charge in [0.1, 0.15) is 6.54 Å². The van der Waals surface area contributed by atoms with Crippen LogP contribution in [0, 0.1) is 0 Å². The topological polar surface area (TPSA) is 59.2 Å². The maximum Gasteiger partial charge on any atom is 0.246 e. The van der Waals surface area contributed by atoms with Crippen molar-refractivity contribution in [3.8, 4) is 11.4 Å². The maximum absolute atomic E-state index is 13.8. The molecule has 3 aromatic carbocycles. The summed E-state index contributed by atoms with van der Waals surface area (Å²) in [5.41, 5.74) is 2.80. The van der Waals surface area contributed by atoms with Crippen molar-refractivity contribution < 1.29 is 9.32 Å². The van der Waals surface area contributed by atoms with Crippen LogP contribution in [-0.4, -0.2) is 27.0 Å². The second kappa shape index (κ2) is 9.39. The molecule has 1 aromatic heterocycles. The summed E-state index contributed by atoms with van der Waals surface area (Å²) in [4.78, 5) is 20.1. The Morgan fingerprint density at radius 1 is 0.839 bits per heavy atom. The van der Waals surface area contributed by atoms with Gasteiger partial charge in [-0.15, -0.1) is 0 Å². The molecule has 4 aromatic rings. The van der Waals surface area contributed by atoms with Crippen molar-refractivity contribution in [3.63, 3.8) is 0 Å². The second-order valence-electron chi connectivity index (χ2n) is 7.69. The van der Waals surface area contributed by atoms with Crippen LogP contribution in [0.1, 0.15) is 36.8 Å². The van der Waals surface area contributed by atoms with E-state index in [1.165, 1.54) is 0 Å². The molecular formula is C26H25N3O2. The Bertz CT molecular complexity index is 1070. The summed E-state index contributed by atoms with van der Waals surface area (Å²) >= 11 is 0. The Kier molecular flexibility index (Phi) is 6.22. The fourth-order valence-corrected chi connectivity index (χ4v) is 3.62. The summed E-state index contributed by atoms with van der Waals surface area (Å²) in [7, 11) is 0. The lowest BCUT2D eigenvalue weighted by atomic mass is 9.89. The highest BCUT2D eigenvalue weighted by atomic mass is 16.5. The first-order valence-electron chi connectivity index (χ1n) is 10.4. The molecule has 5 nitrogen and oxygen atoms in total. The van der Waals surface area contributed by atoms with Gasteiger partial charge in [-0.3, -0.25) is 4.79 Å². The minimum absolute atomic E-state index is 0.00635. The molecule has 0 bridgehead atoms. The van der Waals surface area contributed by atoms with E-state index in [1.807, 2.05) is 105 Å². The van der Waals surface area contributed by atoms with Crippen LogP contribution in [0.5, 0.6) is 0 Å². The van der Waals surface area contributed by atoms with Gasteiger partial charge in [0, 0.05) is 11.6 Å². The lowest BCUT2D eigenvalue weighted by Gasteiger charge is -2.30. The van der Waals surface area contributed by atoms with Gasteiger partial charge in [-0.2, -0.15) is 4.98 Å². The predicted octanol–water partition coefficient (Wildman–Crippen LogP) is 5.31. The van der Waals surface area contributed by atoms with Crippen molar-refractivity contribution in [3.05, 3.63) is 108 Å². The van der Waals surface area contributed by atoms with Crippen molar-refractivity contribution in [2.45, 2.75) is 32.4 Å². The summed E-state index contributed by atoms with van der Waals surface area (Å²) in [5.74, 6) is 0.545. The molecule has 0 aliphatic rings. The van der Waals surface area contributed by atoms with E-state index in [1.54, 1.807) is 4.90 Å². The molecule has 0 radical (unpaired) electrons. The zero-order chi connectivity index (χ0) is 21.6. The number of hydrogen-bond acceptors (Lipinski definition) is 4. The van der Waals surface area contributed by atoms with Crippen LogP contribution in [0.4, 0.5) is 0 Å². The molecule has 0 aliphatic carbocycles. The van der Waals surface area contributed by atoms with E-state index < -0.39 is 5.92 Å². The number of benzene rings is 3. The van der Waals surface area contributed by atoms with Crippen molar-refractivity contribution in [2.75, 3.05) is 0 Å². The summed E-state index contributed by atoms with van der Waals surface area (Å²) in [6.45, 7) is 4.26. The van der Waals surface area contributed by atoms with E-state index in [9.17, 15) is 4.79 Å². The Morgan fingerprint density at radius 3 is 1.87 bits per heavy atom. The quantitative estimate of drug-likeness (QED) is 0.414. The third kappa shape index (κ3) is 4.72. The van der Waals surface area contributed by atoms with Crippen LogP contribution in [-0.2, 0) is 11.3 Å². The highest BCUT2D eigenvalue weighted by molar-refractivity contribution is 5.87. The van der Waals surface area contributed by atoms with Gasteiger partial charge in [-0.1, -0.05) is 96.2 Å². The number of rotatable bonds is 7. The van der Waals surface area contributed by atoms with Gasteiger partial charge in [0.25, 0.3) is 0 Å².